The van der Waals surface area contributed by atoms with Crippen molar-refractivity contribution in [1.82, 2.24) is 10.0 Å². The van der Waals surface area contributed by atoms with E-state index in [-0.39, 0.29) is 23.4 Å². The van der Waals surface area contributed by atoms with Crippen molar-refractivity contribution in [3.63, 3.8) is 0 Å². The minimum Gasteiger partial charge on any atom is -0.468 e. The van der Waals surface area contributed by atoms with E-state index in [4.69, 9.17) is 4.42 Å². The van der Waals surface area contributed by atoms with Crippen LogP contribution in [0.1, 0.15) is 44.9 Å². The molecule has 1 fully saturated rings. The van der Waals surface area contributed by atoms with Gasteiger partial charge in [-0.15, -0.1) is 0 Å². The second-order valence-corrected chi connectivity index (χ2v) is 9.43. The molecule has 166 valence electrons. The Kier molecular flexibility index (Phi) is 6.11. The molecule has 3 aromatic rings. The summed E-state index contributed by atoms with van der Waals surface area (Å²) in [5.41, 5.74) is 2.10. The van der Waals surface area contributed by atoms with Crippen molar-refractivity contribution < 1.29 is 22.4 Å². The Morgan fingerprint density at radius 2 is 1.72 bits per heavy atom. The van der Waals surface area contributed by atoms with Gasteiger partial charge in [-0.2, -0.15) is 0 Å². The second-order valence-electron chi connectivity index (χ2n) is 7.66. The topological polar surface area (TPSA) is 118 Å². The van der Waals surface area contributed by atoms with Gasteiger partial charge in [0.1, 0.15) is 5.76 Å². The number of sulfonamides is 1. The highest BCUT2D eigenvalue weighted by Crippen LogP contribution is 2.22. The van der Waals surface area contributed by atoms with Gasteiger partial charge in [-0.05, 0) is 73.9 Å². The Labute approximate surface area is 186 Å². The third-order valence-electron chi connectivity index (χ3n) is 5.10. The Morgan fingerprint density at radius 3 is 2.38 bits per heavy atom. The van der Waals surface area contributed by atoms with Crippen LogP contribution in [0.15, 0.2) is 70.2 Å². The summed E-state index contributed by atoms with van der Waals surface area (Å²) in [7, 11) is -3.75. The number of carbonyl (C=O) groups is 2. The average Bonchev–Trinajstić information content (AvgIpc) is 3.43. The van der Waals surface area contributed by atoms with Gasteiger partial charge in [0.15, 0.2) is 0 Å². The number of anilines is 1. The third kappa shape index (κ3) is 5.24. The van der Waals surface area contributed by atoms with Gasteiger partial charge in [-0.25, -0.2) is 13.1 Å². The highest BCUT2D eigenvalue weighted by molar-refractivity contribution is 7.89. The van der Waals surface area contributed by atoms with Crippen LogP contribution in [0.3, 0.4) is 0 Å². The van der Waals surface area contributed by atoms with Crippen LogP contribution in [0, 0.1) is 6.92 Å². The first-order valence-electron chi connectivity index (χ1n) is 10.2. The Bertz CT molecular complexity index is 1230. The number of carbonyl (C=O) groups excluding carboxylic acids is 2. The highest BCUT2D eigenvalue weighted by atomic mass is 32.2. The second kappa shape index (κ2) is 8.97. The molecule has 1 aromatic heterocycles. The molecule has 0 saturated heterocycles. The van der Waals surface area contributed by atoms with Gasteiger partial charge >= 0.3 is 0 Å². The van der Waals surface area contributed by atoms with Gasteiger partial charge in [0.25, 0.3) is 11.8 Å². The standard InChI is InChI=1S/C23H23N3O5S/c1-15-4-5-17(23(28)25-18-8-9-18)13-21(15)26-22(27)16-6-10-20(11-7-16)32(29,30)24-14-19-3-2-12-31-19/h2-7,10-13,18,24H,8-9,14H2,1H3,(H,25,28)(H,26,27). The quantitative estimate of drug-likeness (QED) is 0.484. The summed E-state index contributed by atoms with van der Waals surface area (Å²) in [5.74, 6) is -0.0760. The van der Waals surface area contributed by atoms with E-state index >= 15 is 0 Å². The minimum atomic E-state index is -3.75. The molecule has 3 N–H and O–H groups in total. The molecule has 8 nitrogen and oxygen atoms in total. The molecule has 0 spiro atoms. The van der Waals surface area contributed by atoms with E-state index in [9.17, 15) is 18.0 Å². The van der Waals surface area contributed by atoms with Crippen molar-refractivity contribution >= 4 is 27.5 Å². The molecule has 2 amide bonds. The number of furan rings is 1. The van der Waals surface area contributed by atoms with Crippen molar-refractivity contribution in [2.45, 2.75) is 37.2 Å². The lowest BCUT2D eigenvalue weighted by Crippen LogP contribution is -2.25. The van der Waals surface area contributed by atoms with E-state index in [1.807, 2.05) is 6.92 Å². The van der Waals surface area contributed by atoms with Gasteiger partial charge in [0.05, 0.1) is 17.7 Å². The zero-order valence-corrected chi connectivity index (χ0v) is 18.2. The van der Waals surface area contributed by atoms with Gasteiger partial charge in [-0.1, -0.05) is 6.07 Å². The van der Waals surface area contributed by atoms with Gasteiger partial charge in [0, 0.05) is 22.9 Å². The molecule has 1 aliphatic carbocycles. The summed E-state index contributed by atoms with van der Waals surface area (Å²) in [6.45, 7) is 1.86. The first kappa shape index (κ1) is 21.8. The number of hydrogen-bond donors (Lipinski definition) is 3. The summed E-state index contributed by atoms with van der Waals surface area (Å²) in [5, 5.41) is 5.72. The number of hydrogen-bond acceptors (Lipinski definition) is 5. The van der Waals surface area contributed by atoms with Crippen LogP contribution in [0.5, 0.6) is 0 Å². The monoisotopic (exact) mass is 453 g/mol. The lowest BCUT2D eigenvalue weighted by atomic mass is 10.1. The van der Waals surface area contributed by atoms with Crippen LogP contribution in [0.4, 0.5) is 5.69 Å². The first-order chi connectivity index (χ1) is 15.3. The molecule has 0 aliphatic heterocycles. The molecule has 2 aromatic carbocycles. The van der Waals surface area contributed by atoms with E-state index in [0.29, 0.717) is 22.6 Å². The van der Waals surface area contributed by atoms with Crippen molar-refractivity contribution in [3.8, 4) is 0 Å². The average molecular weight is 454 g/mol. The summed E-state index contributed by atoms with van der Waals surface area (Å²) in [4.78, 5) is 25.0. The summed E-state index contributed by atoms with van der Waals surface area (Å²) in [6.07, 6.45) is 3.45. The summed E-state index contributed by atoms with van der Waals surface area (Å²) < 4.78 is 32.4. The molecular weight excluding hydrogens is 430 g/mol. The van der Waals surface area contributed by atoms with Crippen molar-refractivity contribution in [2.24, 2.45) is 0 Å². The zero-order chi connectivity index (χ0) is 22.7. The SMILES string of the molecule is Cc1ccc(C(=O)NC2CC2)cc1NC(=O)c1ccc(S(=O)(=O)NCc2ccco2)cc1. The summed E-state index contributed by atoms with van der Waals surface area (Å²) >= 11 is 0. The van der Waals surface area contributed by atoms with Gasteiger partial charge < -0.3 is 15.1 Å². The fraction of sp³-hybridized carbons (Fsp3) is 0.217. The van der Waals surface area contributed by atoms with E-state index in [1.54, 1.807) is 30.3 Å². The first-order valence-corrected chi connectivity index (χ1v) is 11.6. The van der Waals surface area contributed by atoms with E-state index < -0.39 is 15.9 Å². The fourth-order valence-electron chi connectivity index (χ4n) is 3.04. The van der Waals surface area contributed by atoms with Crippen molar-refractivity contribution in [2.75, 3.05) is 5.32 Å². The lowest BCUT2D eigenvalue weighted by Gasteiger charge is -2.11. The molecule has 1 saturated carbocycles. The highest BCUT2D eigenvalue weighted by Gasteiger charge is 2.24. The zero-order valence-electron chi connectivity index (χ0n) is 17.4. The largest absolute Gasteiger partial charge is 0.468 e. The molecular formula is C23H23N3O5S. The predicted molar refractivity (Wildman–Crippen MR) is 119 cm³/mol. The van der Waals surface area contributed by atoms with Gasteiger partial charge in [-0.3, -0.25) is 9.59 Å². The maximum absolute atomic E-state index is 12.7. The number of amides is 2. The van der Waals surface area contributed by atoms with Gasteiger partial charge in [0.2, 0.25) is 10.0 Å². The maximum Gasteiger partial charge on any atom is 0.255 e. The van der Waals surface area contributed by atoms with E-state index in [1.165, 1.54) is 30.5 Å². The third-order valence-corrected chi connectivity index (χ3v) is 6.52. The fourth-order valence-corrected chi connectivity index (χ4v) is 4.03. The number of aryl methyl sites for hydroxylation is 1. The van der Waals surface area contributed by atoms with Crippen LogP contribution in [0.2, 0.25) is 0 Å². The Balaban J connectivity index is 1.43. The molecule has 0 radical (unpaired) electrons. The van der Waals surface area contributed by atoms with Crippen LogP contribution in [0.25, 0.3) is 0 Å². The lowest BCUT2D eigenvalue weighted by molar-refractivity contribution is 0.0949. The molecule has 0 bridgehead atoms. The van der Waals surface area contributed by atoms with Crippen LogP contribution >= 0.6 is 0 Å². The number of nitrogens with one attached hydrogen (secondary N) is 3. The molecule has 1 aliphatic rings. The maximum atomic E-state index is 12.7. The number of rotatable bonds is 8. The minimum absolute atomic E-state index is 0.0293. The Morgan fingerprint density at radius 1 is 1.00 bits per heavy atom. The predicted octanol–water partition coefficient (Wildman–Crippen LogP) is 3.21. The molecule has 4 rings (SSSR count). The molecule has 1 heterocycles. The van der Waals surface area contributed by atoms with Crippen LogP contribution in [-0.4, -0.2) is 26.3 Å². The van der Waals surface area contributed by atoms with Crippen LogP contribution < -0.4 is 15.4 Å². The molecule has 9 heteroatoms. The van der Waals surface area contributed by atoms with Crippen molar-refractivity contribution in [1.29, 1.82) is 0 Å². The normalized spacial score (nSPS) is 13.5. The van der Waals surface area contributed by atoms with E-state index in [2.05, 4.69) is 15.4 Å². The molecule has 0 unspecified atom stereocenters. The number of benzene rings is 2. The summed E-state index contributed by atoms with van der Waals surface area (Å²) in [6, 6.07) is 14.3. The molecule has 0 atom stereocenters. The van der Waals surface area contributed by atoms with Crippen molar-refractivity contribution in [3.05, 3.63) is 83.3 Å². The van der Waals surface area contributed by atoms with Crippen LogP contribution in [-0.2, 0) is 16.6 Å². The molecule has 32 heavy (non-hydrogen) atoms. The smallest absolute Gasteiger partial charge is 0.255 e. The van der Waals surface area contributed by atoms with E-state index in [0.717, 1.165) is 18.4 Å². The Hall–Kier alpha value is -3.43.